The summed E-state index contributed by atoms with van der Waals surface area (Å²) in [4.78, 5) is 28.6. The summed E-state index contributed by atoms with van der Waals surface area (Å²) in [6.45, 7) is 0.157. The number of benzene rings is 3. The van der Waals surface area contributed by atoms with Gasteiger partial charge in [-0.15, -0.1) is 0 Å². The van der Waals surface area contributed by atoms with Crippen molar-refractivity contribution in [1.82, 2.24) is 4.98 Å². The Hall–Kier alpha value is -4.39. The molecule has 1 aliphatic carbocycles. The second-order valence-corrected chi connectivity index (χ2v) is 8.45. The van der Waals surface area contributed by atoms with Crippen LogP contribution >= 0.6 is 0 Å². The fourth-order valence-corrected chi connectivity index (χ4v) is 4.13. The molecule has 1 saturated carbocycles. The van der Waals surface area contributed by atoms with Crippen molar-refractivity contribution in [2.24, 2.45) is 0 Å². The third-order valence-corrected chi connectivity index (χ3v) is 6.25. The Balaban J connectivity index is 1.26. The Morgan fingerprint density at radius 3 is 2.17 bits per heavy atom. The maximum atomic E-state index is 12.2. The van der Waals surface area contributed by atoms with Gasteiger partial charge in [-0.3, -0.25) is 10.1 Å². The number of amides is 1. The van der Waals surface area contributed by atoms with E-state index in [0.717, 1.165) is 40.7 Å². The summed E-state index contributed by atoms with van der Waals surface area (Å²) < 4.78 is 15.6. The molecule has 4 aromatic rings. The van der Waals surface area contributed by atoms with E-state index >= 15 is 0 Å². The molecule has 7 nitrogen and oxygen atoms in total. The summed E-state index contributed by atoms with van der Waals surface area (Å²) in [7, 11) is 1.43. The van der Waals surface area contributed by atoms with Crippen molar-refractivity contribution in [3.05, 3.63) is 96.4 Å². The molecular weight excluding hydrogens is 444 g/mol. The topological polar surface area (TPSA) is 90.7 Å². The monoisotopic (exact) mass is 468 g/mol. The van der Waals surface area contributed by atoms with Crippen LogP contribution in [-0.2, 0) is 26.3 Å². The van der Waals surface area contributed by atoms with E-state index in [9.17, 15) is 9.59 Å². The first kappa shape index (κ1) is 22.4. The number of nitrogens with one attached hydrogen (secondary N) is 1. The highest BCUT2D eigenvalue weighted by Gasteiger charge is 2.52. The van der Waals surface area contributed by atoms with Gasteiger partial charge in [0.1, 0.15) is 12.3 Å². The number of hydrogen-bond acceptors (Lipinski definition) is 6. The van der Waals surface area contributed by atoms with E-state index in [1.807, 2.05) is 78.9 Å². The molecule has 7 heteroatoms. The van der Waals surface area contributed by atoms with Crippen LogP contribution in [0.1, 0.15) is 24.0 Å². The Kier molecular flexibility index (Phi) is 6.06. The number of hydrogen-bond donors (Lipinski definition) is 1. The number of carbonyl (C=O) groups is 2. The van der Waals surface area contributed by atoms with Crippen molar-refractivity contribution in [1.29, 1.82) is 0 Å². The average Bonchev–Trinajstić information content (AvgIpc) is 3.60. The average molecular weight is 469 g/mol. The molecule has 0 spiro atoms. The van der Waals surface area contributed by atoms with Gasteiger partial charge in [0.15, 0.2) is 6.39 Å². The maximum Gasteiger partial charge on any atom is 0.414 e. The highest BCUT2D eigenvalue weighted by Crippen LogP contribution is 2.49. The van der Waals surface area contributed by atoms with Crippen LogP contribution in [0, 0.1) is 0 Å². The van der Waals surface area contributed by atoms with E-state index in [-0.39, 0.29) is 18.5 Å². The lowest BCUT2D eigenvalue weighted by Gasteiger charge is -2.13. The van der Waals surface area contributed by atoms with E-state index in [0.29, 0.717) is 5.69 Å². The standard InChI is InChI=1S/C28H24N2O5/c1-33-26(31)28(15-16-28)23-13-11-21(12-14-23)20-7-9-22(10-8-20)24-25(35-18-29-24)30-27(32)34-17-19-5-3-2-4-6-19/h2-14,18H,15-17H2,1H3,(H,30,32). The van der Waals surface area contributed by atoms with E-state index in [2.05, 4.69) is 10.3 Å². The summed E-state index contributed by atoms with van der Waals surface area (Å²) in [6.07, 6.45) is 2.30. The molecule has 176 valence electrons. The minimum atomic E-state index is -0.621. The minimum Gasteiger partial charge on any atom is -0.468 e. The highest BCUT2D eigenvalue weighted by molar-refractivity contribution is 5.88. The molecule has 35 heavy (non-hydrogen) atoms. The molecule has 0 bridgehead atoms. The number of ether oxygens (including phenoxy) is 2. The first-order chi connectivity index (χ1) is 17.1. The lowest BCUT2D eigenvalue weighted by atomic mass is 9.93. The van der Waals surface area contributed by atoms with E-state index in [4.69, 9.17) is 13.9 Å². The molecular formula is C28H24N2O5. The number of rotatable bonds is 7. The molecule has 1 aromatic heterocycles. The number of aromatic nitrogens is 1. The largest absolute Gasteiger partial charge is 0.468 e. The van der Waals surface area contributed by atoms with Gasteiger partial charge in [0.25, 0.3) is 0 Å². The molecule has 1 fully saturated rings. The molecule has 1 amide bonds. The van der Waals surface area contributed by atoms with Crippen LogP contribution in [0.15, 0.2) is 89.7 Å². The molecule has 0 saturated heterocycles. The third-order valence-electron chi connectivity index (χ3n) is 6.25. The summed E-state index contributed by atoms with van der Waals surface area (Å²) in [5.74, 6) is 0.0493. The molecule has 0 unspecified atom stereocenters. The second-order valence-electron chi connectivity index (χ2n) is 8.45. The Morgan fingerprint density at radius 1 is 0.914 bits per heavy atom. The van der Waals surface area contributed by atoms with Crippen molar-refractivity contribution in [3.63, 3.8) is 0 Å². The van der Waals surface area contributed by atoms with Gasteiger partial charge >= 0.3 is 12.1 Å². The molecule has 0 atom stereocenters. The zero-order chi connectivity index (χ0) is 24.3. The van der Waals surface area contributed by atoms with Crippen LogP contribution in [0.2, 0.25) is 0 Å². The predicted octanol–water partition coefficient (Wildman–Crippen LogP) is 5.96. The Bertz CT molecular complexity index is 1320. The van der Waals surface area contributed by atoms with Crippen molar-refractivity contribution >= 4 is 17.9 Å². The van der Waals surface area contributed by atoms with Crippen LogP contribution in [0.4, 0.5) is 10.7 Å². The van der Waals surface area contributed by atoms with Gasteiger partial charge in [-0.05, 0) is 35.1 Å². The second kappa shape index (κ2) is 9.46. The third kappa shape index (κ3) is 4.66. The maximum absolute atomic E-state index is 12.2. The van der Waals surface area contributed by atoms with Crippen molar-refractivity contribution in [2.75, 3.05) is 12.4 Å². The normalized spacial score (nSPS) is 13.6. The number of oxazole rings is 1. The van der Waals surface area contributed by atoms with Gasteiger partial charge in [0.2, 0.25) is 5.88 Å². The first-order valence-corrected chi connectivity index (χ1v) is 11.3. The van der Waals surface area contributed by atoms with Crippen LogP contribution in [0.3, 0.4) is 0 Å². The van der Waals surface area contributed by atoms with Crippen molar-refractivity contribution < 1.29 is 23.5 Å². The zero-order valence-corrected chi connectivity index (χ0v) is 19.2. The predicted molar refractivity (Wildman–Crippen MR) is 131 cm³/mol. The first-order valence-electron chi connectivity index (χ1n) is 11.3. The number of esters is 1. The van der Waals surface area contributed by atoms with Crippen molar-refractivity contribution in [3.8, 4) is 22.4 Å². The van der Waals surface area contributed by atoms with Gasteiger partial charge in [-0.25, -0.2) is 9.78 Å². The number of methoxy groups -OCH3 is 1. The van der Waals surface area contributed by atoms with Gasteiger partial charge in [-0.2, -0.15) is 0 Å². The van der Waals surface area contributed by atoms with Crippen LogP contribution in [0.25, 0.3) is 22.4 Å². The number of carbonyl (C=O) groups excluding carboxylic acids is 2. The molecule has 1 heterocycles. The van der Waals surface area contributed by atoms with Gasteiger partial charge in [-0.1, -0.05) is 78.9 Å². The van der Waals surface area contributed by atoms with Crippen molar-refractivity contribution in [2.45, 2.75) is 24.9 Å². The molecule has 5 rings (SSSR count). The lowest BCUT2D eigenvalue weighted by molar-refractivity contribution is -0.143. The molecule has 3 aromatic carbocycles. The SMILES string of the molecule is COC(=O)C1(c2ccc(-c3ccc(-c4ncoc4NC(=O)OCc4ccccc4)cc3)cc2)CC1. The van der Waals surface area contributed by atoms with Crippen LogP contribution < -0.4 is 5.32 Å². The van der Waals surface area contributed by atoms with Crippen LogP contribution in [-0.4, -0.2) is 24.2 Å². The fourth-order valence-electron chi connectivity index (χ4n) is 4.13. The molecule has 0 aliphatic heterocycles. The van der Waals surface area contributed by atoms with E-state index < -0.39 is 11.5 Å². The molecule has 1 N–H and O–H groups in total. The smallest absolute Gasteiger partial charge is 0.414 e. The quantitative estimate of drug-likeness (QED) is 0.337. The fraction of sp³-hybridized carbons (Fsp3) is 0.179. The summed E-state index contributed by atoms with van der Waals surface area (Å²) in [5.41, 5.74) is 4.75. The number of anilines is 1. The Labute approximate surface area is 202 Å². The summed E-state index contributed by atoms with van der Waals surface area (Å²) >= 11 is 0. The highest BCUT2D eigenvalue weighted by atomic mass is 16.6. The minimum absolute atomic E-state index is 0.157. The Morgan fingerprint density at radius 2 is 1.54 bits per heavy atom. The summed E-state index contributed by atoms with van der Waals surface area (Å²) in [5, 5.41) is 2.62. The zero-order valence-electron chi connectivity index (χ0n) is 19.2. The van der Waals surface area contributed by atoms with E-state index in [1.165, 1.54) is 13.5 Å². The molecule has 1 aliphatic rings. The van der Waals surface area contributed by atoms with E-state index in [1.54, 1.807) is 0 Å². The van der Waals surface area contributed by atoms with Gasteiger partial charge in [0.05, 0.1) is 12.5 Å². The summed E-state index contributed by atoms with van der Waals surface area (Å²) in [6, 6.07) is 25.2. The van der Waals surface area contributed by atoms with Gasteiger partial charge < -0.3 is 13.9 Å². The lowest BCUT2D eigenvalue weighted by Crippen LogP contribution is -2.21. The molecule has 0 radical (unpaired) electrons. The van der Waals surface area contributed by atoms with Gasteiger partial charge in [0, 0.05) is 5.56 Å². The number of nitrogens with zero attached hydrogens (tertiary/aromatic N) is 1. The van der Waals surface area contributed by atoms with Crippen LogP contribution in [0.5, 0.6) is 0 Å².